The summed E-state index contributed by atoms with van der Waals surface area (Å²) >= 11 is 0. The minimum atomic E-state index is -0.522. The lowest BCUT2D eigenvalue weighted by Gasteiger charge is -2.23. The molecule has 0 unspecified atom stereocenters. The number of nitrogens with zero attached hydrogens (tertiary/aromatic N) is 2. The molecule has 2 N–H and O–H groups in total. The number of aryl methyl sites for hydroxylation is 1. The highest BCUT2D eigenvalue weighted by Crippen LogP contribution is 2.32. The van der Waals surface area contributed by atoms with E-state index < -0.39 is 6.10 Å². The topological polar surface area (TPSA) is 85.2 Å². The van der Waals surface area contributed by atoms with Gasteiger partial charge in [-0.25, -0.2) is 0 Å². The Morgan fingerprint density at radius 2 is 2.23 bits per heavy atom. The zero-order chi connectivity index (χ0) is 15.9. The number of nitrogens with one attached hydrogen (secondary N) is 2. The summed E-state index contributed by atoms with van der Waals surface area (Å²) < 4.78 is 7.11. The molecule has 0 spiro atoms. The summed E-state index contributed by atoms with van der Waals surface area (Å²) in [5.41, 5.74) is 2.41. The lowest BCUT2D eigenvalue weighted by molar-refractivity contribution is -0.122. The number of ether oxygens (including phenoxy) is 1. The predicted molar refractivity (Wildman–Crippen MR) is 81.1 cm³/mol. The van der Waals surface area contributed by atoms with Crippen LogP contribution in [0.5, 0.6) is 5.75 Å². The van der Waals surface area contributed by atoms with Crippen LogP contribution in [0, 0.1) is 6.92 Å². The summed E-state index contributed by atoms with van der Waals surface area (Å²) in [6, 6.07) is 5.12. The second-order valence-corrected chi connectivity index (χ2v) is 5.18. The van der Waals surface area contributed by atoms with E-state index in [0.717, 1.165) is 5.69 Å². The highest BCUT2D eigenvalue weighted by molar-refractivity contribution is 6.05. The standard InChI is InChI=1S/C15H16N4O3/c1-8-11(7-16-19(8)3)15(21)17-10-4-5-13-12(6-10)18-14(20)9(2)22-13/h4-7,9H,1-3H3,(H,17,21)(H,18,20)/t9-/m1/s1. The lowest BCUT2D eigenvalue weighted by atomic mass is 10.2. The molecule has 2 amide bonds. The van der Waals surface area contributed by atoms with Crippen LogP contribution in [0.4, 0.5) is 11.4 Å². The van der Waals surface area contributed by atoms with E-state index in [1.165, 1.54) is 6.20 Å². The van der Waals surface area contributed by atoms with E-state index in [-0.39, 0.29) is 11.8 Å². The summed E-state index contributed by atoms with van der Waals surface area (Å²) in [6.07, 6.45) is 1.00. The monoisotopic (exact) mass is 300 g/mol. The molecule has 1 aliphatic heterocycles. The molecule has 0 bridgehead atoms. The van der Waals surface area contributed by atoms with Crippen LogP contribution in [0.2, 0.25) is 0 Å². The maximum atomic E-state index is 12.2. The van der Waals surface area contributed by atoms with Gasteiger partial charge in [0.2, 0.25) is 0 Å². The van der Waals surface area contributed by atoms with E-state index in [1.807, 2.05) is 6.92 Å². The second-order valence-electron chi connectivity index (χ2n) is 5.18. The van der Waals surface area contributed by atoms with Crippen LogP contribution in [0.3, 0.4) is 0 Å². The SMILES string of the molecule is Cc1c(C(=O)Nc2ccc3c(c2)NC(=O)[C@@H](C)O3)cnn1C. The fraction of sp³-hybridized carbons (Fsp3) is 0.267. The molecule has 1 aliphatic rings. The zero-order valence-corrected chi connectivity index (χ0v) is 12.5. The Morgan fingerprint density at radius 3 is 2.91 bits per heavy atom. The van der Waals surface area contributed by atoms with Crippen molar-refractivity contribution < 1.29 is 14.3 Å². The van der Waals surface area contributed by atoms with Gasteiger partial charge in [-0.2, -0.15) is 5.10 Å². The molecule has 0 radical (unpaired) electrons. The van der Waals surface area contributed by atoms with E-state index in [0.29, 0.717) is 22.7 Å². The van der Waals surface area contributed by atoms with Gasteiger partial charge in [-0.05, 0) is 32.0 Å². The Balaban J connectivity index is 1.82. The van der Waals surface area contributed by atoms with Gasteiger partial charge >= 0.3 is 0 Å². The quantitative estimate of drug-likeness (QED) is 0.884. The van der Waals surface area contributed by atoms with Crippen molar-refractivity contribution in [3.05, 3.63) is 35.7 Å². The van der Waals surface area contributed by atoms with Gasteiger partial charge in [-0.15, -0.1) is 0 Å². The molecular weight excluding hydrogens is 284 g/mol. The van der Waals surface area contributed by atoms with Crippen molar-refractivity contribution in [2.75, 3.05) is 10.6 Å². The molecule has 0 saturated carbocycles. The molecular formula is C15H16N4O3. The number of hydrogen-bond acceptors (Lipinski definition) is 4. The Hall–Kier alpha value is -2.83. The molecule has 114 valence electrons. The fourth-order valence-corrected chi connectivity index (χ4v) is 2.21. The van der Waals surface area contributed by atoms with Gasteiger partial charge in [-0.3, -0.25) is 14.3 Å². The third kappa shape index (κ3) is 2.41. The van der Waals surface area contributed by atoms with E-state index in [4.69, 9.17) is 4.74 Å². The molecule has 1 aromatic heterocycles. The average Bonchev–Trinajstić information content (AvgIpc) is 2.80. The van der Waals surface area contributed by atoms with Gasteiger partial charge < -0.3 is 15.4 Å². The Kier molecular flexibility index (Phi) is 3.32. The van der Waals surface area contributed by atoms with Gasteiger partial charge in [0.1, 0.15) is 5.75 Å². The van der Waals surface area contributed by atoms with Crippen LogP contribution in [-0.4, -0.2) is 27.7 Å². The highest BCUT2D eigenvalue weighted by Gasteiger charge is 2.23. The van der Waals surface area contributed by atoms with Crippen molar-refractivity contribution in [1.82, 2.24) is 9.78 Å². The molecule has 1 aromatic carbocycles. The van der Waals surface area contributed by atoms with Gasteiger partial charge in [-0.1, -0.05) is 0 Å². The number of benzene rings is 1. The lowest BCUT2D eigenvalue weighted by Crippen LogP contribution is -2.34. The third-order valence-electron chi connectivity index (χ3n) is 3.65. The molecule has 2 heterocycles. The van der Waals surface area contributed by atoms with Crippen LogP contribution in [0.25, 0.3) is 0 Å². The Morgan fingerprint density at radius 1 is 1.45 bits per heavy atom. The molecule has 2 aromatic rings. The Bertz CT molecular complexity index is 766. The number of carbonyl (C=O) groups is 2. The molecule has 22 heavy (non-hydrogen) atoms. The normalized spacial score (nSPS) is 16.5. The van der Waals surface area contributed by atoms with E-state index in [2.05, 4.69) is 15.7 Å². The predicted octanol–water partition coefficient (Wildman–Crippen LogP) is 1.70. The number of amides is 2. The molecule has 1 atom stereocenters. The summed E-state index contributed by atoms with van der Waals surface area (Å²) in [6.45, 7) is 3.50. The van der Waals surface area contributed by atoms with Crippen LogP contribution >= 0.6 is 0 Å². The molecule has 3 rings (SSSR count). The highest BCUT2D eigenvalue weighted by atomic mass is 16.5. The smallest absolute Gasteiger partial charge is 0.265 e. The third-order valence-corrected chi connectivity index (χ3v) is 3.65. The van der Waals surface area contributed by atoms with Crippen LogP contribution in [-0.2, 0) is 11.8 Å². The number of fused-ring (bicyclic) bond motifs is 1. The largest absolute Gasteiger partial charge is 0.479 e. The first-order valence-electron chi connectivity index (χ1n) is 6.87. The van der Waals surface area contributed by atoms with E-state index >= 15 is 0 Å². The number of hydrogen-bond donors (Lipinski definition) is 2. The van der Waals surface area contributed by atoms with Crippen LogP contribution < -0.4 is 15.4 Å². The van der Waals surface area contributed by atoms with Crippen molar-refractivity contribution in [3.63, 3.8) is 0 Å². The van der Waals surface area contributed by atoms with Crippen LogP contribution in [0.1, 0.15) is 23.0 Å². The maximum Gasteiger partial charge on any atom is 0.265 e. The number of carbonyl (C=O) groups excluding carboxylic acids is 2. The molecule has 7 nitrogen and oxygen atoms in total. The maximum absolute atomic E-state index is 12.2. The summed E-state index contributed by atoms with van der Waals surface area (Å²) in [4.78, 5) is 23.9. The summed E-state index contributed by atoms with van der Waals surface area (Å²) in [5, 5.41) is 9.58. The first-order valence-corrected chi connectivity index (χ1v) is 6.87. The first kappa shape index (κ1) is 14.1. The van der Waals surface area contributed by atoms with E-state index in [1.54, 1.807) is 36.9 Å². The van der Waals surface area contributed by atoms with Crippen molar-refractivity contribution in [3.8, 4) is 5.75 Å². The molecule has 0 saturated heterocycles. The number of rotatable bonds is 2. The average molecular weight is 300 g/mol. The minimum absolute atomic E-state index is 0.209. The number of aromatic nitrogens is 2. The minimum Gasteiger partial charge on any atom is -0.479 e. The van der Waals surface area contributed by atoms with Crippen molar-refractivity contribution in [2.45, 2.75) is 20.0 Å². The second kappa shape index (κ2) is 5.18. The summed E-state index contributed by atoms with van der Waals surface area (Å²) in [7, 11) is 1.78. The summed E-state index contributed by atoms with van der Waals surface area (Å²) in [5.74, 6) is 0.128. The van der Waals surface area contributed by atoms with Crippen molar-refractivity contribution in [2.24, 2.45) is 7.05 Å². The van der Waals surface area contributed by atoms with Crippen molar-refractivity contribution in [1.29, 1.82) is 0 Å². The van der Waals surface area contributed by atoms with Crippen molar-refractivity contribution >= 4 is 23.2 Å². The molecule has 7 heteroatoms. The number of anilines is 2. The molecule has 0 fully saturated rings. The van der Waals surface area contributed by atoms with Gasteiger partial charge in [0.15, 0.2) is 6.10 Å². The van der Waals surface area contributed by atoms with E-state index in [9.17, 15) is 9.59 Å². The van der Waals surface area contributed by atoms with Crippen LogP contribution in [0.15, 0.2) is 24.4 Å². The van der Waals surface area contributed by atoms with Gasteiger partial charge in [0.25, 0.3) is 11.8 Å². The first-order chi connectivity index (χ1) is 10.5. The molecule has 0 aliphatic carbocycles. The Labute approximate surface area is 127 Å². The fourth-order valence-electron chi connectivity index (χ4n) is 2.21. The van der Waals surface area contributed by atoms with Gasteiger partial charge in [0, 0.05) is 18.4 Å². The zero-order valence-electron chi connectivity index (χ0n) is 12.5. The van der Waals surface area contributed by atoms with Gasteiger partial charge in [0.05, 0.1) is 17.4 Å².